The van der Waals surface area contributed by atoms with Gasteiger partial charge in [-0.1, -0.05) is 0 Å². The molecule has 4 heteroatoms. The smallest absolute Gasteiger partial charge is 0.217 e. The lowest BCUT2D eigenvalue weighted by atomic mass is 11.2. The largest absolute Gasteiger partial charge is 0.255 e. The van der Waals surface area contributed by atoms with Crippen molar-refractivity contribution in [3.63, 3.8) is 0 Å². The first-order valence-corrected chi connectivity index (χ1v) is 2.37. The van der Waals surface area contributed by atoms with Gasteiger partial charge in [-0.2, -0.15) is 0 Å². The van der Waals surface area contributed by atoms with E-state index in [1.165, 1.54) is 0 Å². The summed E-state index contributed by atoms with van der Waals surface area (Å²) in [6.45, 7) is -2.22. The maximum Gasteiger partial charge on any atom is 0.217 e. The summed E-state index contributed by atoms with van der Waals surface area (Å²) in [5, 5.41) is 3.54. The molecule has 1 aromatic rings. The second-order valence-corrected chi connectivity index (χ2v) is 1.67. The van der Waals surface area contributed by atoms with Crippen molar-refractivity contribution in [1.29, 1.82) is 0 Å². The standard InChI is InChI=1S/C3H4BrN3/c1-7-2-5-3(4)6-7/h2H,1H3/i1D3. The summed E-state index contributed by atoms with van der Waals surface area (Å²) in [6.07, 6.45) is 1.15. The minimum Gasteiger partial charge on any atom is -0.255 e. The molecule has 0 aromatic carbocycles. The second-order valence-electron chi connectivity index (χ2n) is 0.958. The van der Waals surface area contributed by atoms with Gasteiger partial charge in [-0.3, -0.25) is 4.68 Å². The summed E-state index contributed by atoms with van der Waals surface area (Å²) in [6, 6.07) is 0. The van der Waals surface area contributed by atoms with Gasteiger partial charge < -0.3 is 0 Å². The Kier molecular flexibility index (Phi) is 0.521. The van der Waals surface area contributed by atoms with Crippen molar-refractivity contribution in [1.82, 2.24) is 14.8 Å². The number of aryl methyl sites for hydroxylation is 1. The Morgan fingerprint density at radius 1 is 2.14 bits per heavy atom. The predicted molar refractivity (Wildman–Crippen MR) is 28.7 cm³/mol. The molecule has 0 unspecified atom stereocenters. The fourth-order valence-corrected chi connectivity index (χ4v) is 0.505. The van der Waals surface area contributed by atoms with Crippen molar-refractivity contribution in [3.8, 4) is 0 Å². The highest BCUT2D eigenvalue weighted by Crippen LogP contribution is 1.95. The van der Waals surface area contributed by atoms with Gasteiger partial charge in [-0.05, 0) is 15.9 Å². The average Bonchev–Trinajstić information content (AvgIpc) is 2.11. The van der Waals surface area contributed by atoms with E-state index in [0.717, 1.165) is 11.0 Å². The van der Waals surface area contributed by atoms with Crippen LogP contribution in [0.25, 0.3) is 0 Å². The van der Waals surface area contributed by atoms with Crippen molar-refractivity contribution in [2.75, 3.05) is 0 Å². The lowest BCUT2D eigenvalue weighted by Gasteiger charge is -1.76. The molecule has 0 atom stereocenters. The molecular weight excluding hydrogens is 158 g/mol. The molecule has 1 aromatic heterocycles. The van der Waals surface area contributed by atoms with E-state index < -0.39 is 6.98 Å². The van der Waals surface area contributed by atoms with Gasteiger partial charge in [0.2, 0.25) is 4.73 Å². The molecule has 0 aliphatic rings. The molecule has 1 rings (SSSR count). The number of rotatable bonds is 0. The first kappa shape index (κ1) is 2.26. The van der Waals surface area contributed by atoms with Crippen LogP contribution in [0.5, 0.6) is 0 Å². The Labute approximate surface area is 53.7 Å². The normalized spacial score (nSPS) is 17.6. The molecule has 0 amide bonds. The van der Waals surface area contributed by atoms with Crippen LogP contribution in [0.1, 0.15) is 4.11 Å². The number of aromatic nitrogens is 3. The summed E-state index contributed by atoms with van der Waals surface area (Å²) >= 11 is 2.93. The topological polar surface area (TPSA) is 30.7 Å². The molecule has 38 valence electrons. The first-order valence-electron chi connectivity index (χ1n) is 3.08. The van der Waals surface area contributed by atoms with Crippen molar-refractivity contribution in [3.05, 3.63) is 11.1 Å². The third kappa shape index (κ3) is 0.991. The molecule has 0 N–H and O–H groups in total. The van der Waals surface area contributed by atoms with Crippen molar-refractivity contribution in [2.45, 2.75) is 0 Å². The quantitative estimate of drug-likeness (QED) is 0.562. The molecule has 3 nitrogen and oxygen atoms in total. The molecular formula is C3H4BrN3. The highest BCUT2D eigenvalue weighted by Gasteiger charge is 1.85. The fraction of sp³-hybridized carbons (Fsp3) is 0.333. The van der Waals surface area contributed by atoms with Crippen molar-refractivity contribution < 1.29 is 4.11 Å². The summed E-state index contributed by atoms with van der Waals surface area (Å²) in [7, 11) is 0. The molecule has 1 heterocycles. The van der Waals surface area contributed by atoms with Crippen LogP contribution >= 0.6 is 15.9 Å². The van der Waals surface area contributed by atoms with E-state index in [4.69, 9.17) is 4.11 Å². The van der Waals surface area contributed by atoms with Gasteiger partial charge in [0.15, 0.2) is 0 Å². The van der Waals surface area contributed by atoms with E-state index in [1.807, 2.05) is 0 Å². The van der Waals surface area contributed by atoms with Crippen LogP contribution in [0.15, 0.2) is 11.1 Å². The Hall–Kier alpha value is -0.380. The molecule has 0 radical (unpaired) electrons. The van der Waals surface area contributed by atoms with Gasteiger partial charge in [0.25, 0.3) is 0 Å². The molecule has 0 spiro atoms. The third-order valence-corrected chi connectivity index (χ3v) is 0.827. The second kappa shape index (κ2) is 1.61. The molecule has 0 saturated carbocycles. The zero-order valence-electron chi connectivity index (χ0n) is 6.30. The molecule has 0 saturated heterocycles. The summed E-state index contributed by atoms with van der Waals surface area (Å²) < 4.78 is 21.7. The minimum atomic E-state index is -2.22. The first-order chi connectivity index (χ1) is 4.50. The maximum absolute atomic E-state index is 6.86. The van der Waals surface area contributed by atoms with Crippen LogP contribution in [0, 0.1) is 0 Å². The SMILES string of the molecule is [2H]C([2H])([2H])n1cnc(Br)n1. The highest BCUT2D eigenvalue weighted by atomic mass is 79.9. The van der Waals surface area contributed by atoms with E-state index >= 15 is 0 Å². The van der Waals surface area contributed by atoms with Crippen LogP contribution < -0.4 is 0 Å². The van der Waals surface area contributed by atoms with Crippen LogP contribution in [0.4, 0.5) is 0 Å². The van der Waals surface area contributed by atoms with E-state index in [1.54, 1.807) is 0 Å². The van der Waals surface area contributed by atoms with Crippen LogP contribution in [-0.4, -0.2) is 14.8 Å². The molecule has 0 aliphatic heterocycles. The lowest BCUT2D eigenvalue weighted by molar-refractivity contribution is 0.759. The molecule has 7 heavy (non-hydrogen) atoms. The number of hydrogen-bond acceptors (Lipinski definition) is 2. The Morgan fingerprint density at radius 2 is 3.00 bits per heavy atom. The molecule has 0 aliphatic carbocycles. The van der Waals surface area contributed by atoms with E-state index in [-0.39, 0.29) is 4.73 Å². The van der Waals surface area contributed by atoms with E-state index in [0.29, 0.717) is 0 Å². The van der Waals surface area contributed by atoms with Crippen molar-refractivity contribution >= 4 is 15.9 Å². The minimum absolute atomic E-state index is 0.281. The third-order valence-electron chi connectivity index (χ3n) is 0.464. The average molecular weight is 165 g/mol. The van der Waals surface area contributed by atoms with Gasteiger partial charge in [-0.25, -0.2) is 4.98 Å². The monoisotopic (exact) mass is 164 g/mol. The summed E-state index contributed by atoms with van der Waals surface area (Å²) in [5.41, 5.74) is 0. The van der Waals surface area contributed by atoms with Crippen LogP contribution in [0.2, 0.25) is 0 Å². The number of nitrogens with zero attached hydrogens (tertiary/aromatic N) is 3. The van der Waals surface area contributed by atoms with Gasteiger partial charge in [-0.15, -0.1) is 5.10 Å². The zero-order valence-corrected chi connectivity index (χ0v) is 4.88. The predicted octanol–water partition coefficient (Wildman–Crippen LogP) is 0.578. The van der Waals surface area contributed by atoms with E-state index in [2.05, 4.69) is 26.0 Å². The summed E-state index contributed by atoms with van der Waals surface area (Å²) in [4.78, 5) is 3.59. The zero-order chi connectivity index (χ0) is 7.78. The van der Waals surface area contributed by atoms with Gasteiger partial charge in [0.05, 0.1) is 0 Å². The van der Waals surface area contributed by atoms with Gasteiger partial charge in [0, 0.05) is 11.1 Å². The maximum atomic E-state index is 6.86. The van der Waals surface area contributed by atoms with Gasteiger partial charge in [0.1, 0.15) is 6.33 Å². The Bertz CT molecular complexity index is 229. The van der Waals surface area contributed by atoms with Crippen LogP contribution in [-0.2, 0) is 6.98 Å². The van der Waals surface area contributed by atoms with Crippen LogP contribution in [0.3, 0.4) is 0 Å². The van der Waals surface area contributed by atoms with Gasteiger partial charge >= 0.3 is 0 Å². The fourth-order valence-electron chi connectivity index (χ4n) is 0.243. The number of hydrogen-bond donors (Lipinski definition) is 0. The van der Waals surface area contributed by atoms with E-state index in [9.17, 15) is 0 Å². The van der Waals surface area contributed by atoms with Crippen molar-refractivity contribution in [2.24, 2.45) is 6.98 Å². The highest BCUT2D eigenvalue weighted by molar-refractivity contribution is 9.10. The Morgan fingerprint density at radius 3 is 3.29 bits per heavy atom. The molecule has 0 fully saturated rings. The lowest BCUT2D eigenvalue weighted by Crippen LogP contribution is -1.84. The Balaban J connectivity index is 2.96. The summed E-state index contributed by atoms with van der Waals surface area (Å²) in [5.74, 6) is 0. The molecule has 0 bridgehead atoms. The number of halogens is 1.